The Balaban J connectivity index is 1.75. The molecule has 0 aromatic heterocycles. The zero-order chi connectivity index (χ0) is 12.8. The Bertz CT molecular complexity index is 313. The molecular weight excluding hydrogens is 244 g/mol. The van der Waals surface area contributed by atoms with Crippen molar-refractivity contribution < 1.29 is 4.79 Å². The molecule has 2 rings (SSSR count). The number of nitrogens with zero attached hydrogens (tertiary/aromatic N) is 1. The molecule has 1 saturated heterocycles. The molecule has 0 bridgehead atoms. The van der Waals surface area contributed by atoms with Gasteiger partial charge in [0.25, 0.3) is 0 Å². The highest BCUT2D eigenvalue weighted by Crippen LogP contribution is 2.22. The number of hydrogen-bond donors (Lipinski definition) is 1. The summed E-state index contributed by atoms with van der Waals surface area (Å²) in [5, 5.41) is 3.27. The Morgan fingerprint density at radius 2 is 2.33 bits per heavy atom. The molecule has 0 atom stereocenters. The van der Waals surface area contributed by atoms with Crippen LogP contribution in [-0.4, -0.2) is 41.9 Å². The maximum atomic E-state index is 12.2. The van der Waals surface area contributed by atoms with Gasteiger partial charge < -0.3 is 10.2 Å². The number of carbonyl (C=O) groups excluding carboxylic acids is 1. The molecule has 0 spiro atoms. The van der Waals surface area contributed by atoms with Gasteiger partial charge in [0, 0.05) is 12.2 Å². The molecule has 4 heteroatoms. The van der Waals surface area contributed by atoms with Crippen LogP contribution in [0.15, 0.2) is 11.8 Å². The average Bonchev–Trinajstić information content (AvgIpc) is 2.34. The minimum atomic E-state index is 0.294. The summed E-state index contributed by atoms with van der Waals surface area (Å²) in [7, 11) is 0. The molecule has 102 valence electrons. The van der Waals surface area contributed by atoms with Gasteiger partial charge in [-0.05, 0) is 57.4 Å². The van der Waals surface area contributed by atoms with E-state index in [1.165, 1.54) is 18.5 Å². The van der Waals surface area contributed by atoms with Gasteiger partial charge in [0.15, 0.2) is 0 Å². The molecule has 1 aliphatic heterocycles. The second kappa shape index (κ2) is 7.19. The lowest BCUT2D eigenvalue weighted by molar-refractivity contribution is -0.126. The highest BCUT2D eigenvalue weighted by molar-refractivity contribution is 7.99. The van der Waals surface area contributed by atoms with E-state index in [1.54, 1.807) is 11.8 Å². The van der Waals surface area contributed by atoms with Crippen LogP contribution in [0.5, 0.6) is 0 Å². The molecule has 2 aliphatic rings. The van der Waals surface area contributed by atoms with Gasteiger partial charge in [0.05, 0.1) is 5.75 Å². The summed E-state index contributed by atoms with van der Waals surface area (Å²) in [6.07, 6.45) is 6.98. The van der Waals surface area contributed by atoms with Crippen LogP contribution in [0.25, 0.3) is 0 Å². The minimum Gasteiger partial charge on any atom is -0.316 e. The number of nitrogens with one attached hydrogen (secondary N) is 1. The number of amides is 1. The van der Waals surface area contributed by atoms with E-state index in [9.17, 15) is 4.79 Å². The highest BCUT2D eigenvalue weighted by Gasteiger charge is 2.20. The van der Waals surface area contributed by atoms with Crippen LogP contribution >= 0.6 is 11.8 Å². The summed E-state index contributed by atoms with van der Waals surface area (Å²) in [6.45, 7) is 5.15. The summed E-state index contributed by atoms with van der Waals surface area (Å²) in [6, 6.07) is 0. The van der Waals surface area contributed by atoms with Crippen molar-refractivity contribution in [3.63, 3.8) is 0 Å². The summed E-state index contributed by atoms with van der Waals surface area (Å²) in [5.41, 5.74) is 1.26. The molecular formula is C14H24N2OS. The Morgan fingerprint density at radius 1 is 1.50 bits per heavy atom. The van der Waals surface area contributed by atoms with Gasteiger partial charge in [-0.15, -0.1) is 0 Å². The van der Waals surface area contributed by atoms with Gasteiger partial charge in [-0.2, -0.15) is 11.8 Å². The molecule has 3 nitrogen and oxygen atoms in total. The summed E-state index contributed by atoms with van der Waals surface area (Å²) in [5.74, 6) is 2.84. The second-order valence-corrected chi connectivity index (χ2v) is 6.15. The first-order valence-electron chi connectivity index (χ1n) is 7.09. The topological polar surface area (TPSA) is 32.3 Å². The van der Waals surface area contributed by atoms with Gasteiger partial charge in [-0.1, -0.05) is 6.08 Å². The van der Waals surface area contributed by atoms with Crippen molar-refractivity contribution in [3.05, 3.63) is 11.8 Å². The van der Waals surface area contributed by atoms with Crippen molar-refractivity contribution in [3.8, 4) is 0 Å². The van der Waals surface area contributed by atoms with E-state index in [0.717, 1.165) is 44.1 Å². The highest BCUT2D eigenvalue weighted by atomic mass is 32.2. The van der Waals surface area contributed by atoms with Gasteiger partial charge in [0.2, 0.25) is 5.91 Å². The first kappa shape index (κ1) is 13.9. The van der Waals surface area contributed by atoms with Crippen molar-refractivity contribution >= 4 is 17.7 Å². The first-order valence-corrected chi connectivity index (χ1v) is 8.24. The molecule has 1 aliphatic carbocycles. The molecule has 1 heterocycles. The van der Waals surface area contributed by atoms with Gasteiger partial charge in [0.1, 0.15) is 0 Å². The van der Waals surface area contributed by atoms with Gasteiger partial charge >= 0.3 is 0 Å². The van der Waals surface area contributed by atoms with E-state index in [-0.39, 0.29) is 0 Å². The van der Waals surface area contributed by atoms with E-state index in [1.807, 2.05) is 4.90 Å². The normalized spacial score (nSPS) is 20.2. The maximum Gasteiger partial charge on any atom is 0.236 e. The Labute approximate surface area is 114 Å². The number of carbonyl (C=O) groups is 1. The minimum absolute atomic E-state index is 0.294. The fourth-order valence-corrected chi connectivity index (χ4v) is 3.48. The number of allylic oxidation sites excluding steroid dienone is 2. The van der Waals surface area contributed by atoms with E-state index < -0.39 is 0 Å². The first-order chi connectivity index (χ1) is 8.81. The Hall–Kier alpha value is -0.480. The lowest BCUT2D eigenvalue weighted by Gasteiger charge is -2.28. The lowest BCUT2D eigenvalue weighted by atomic mass is 10.0. The Kier molecular flexibility index (Phi) is 5.57. The maximum absolute atomic E-state index is 12.2. The number of hydrogen-bond acceptors (Lipinski definition) is 3. The predicted octanol–water partition coefficient (Wildman–Crippen LogP) is 2.25. The third-order valence-corrected chi connectivity index (χ3v) is 4.83. The summed E-state index contributed by atoms with van der Waals surface area (Å²) in [4.78, 5) is 14.2. The van der Waals surface area contributed by atoms with Crippen LogP contribution in [0.3, 0.4) is 0 Å². The van der Waals surface area contributed by atoms with Crippen LogP contribution < -0.4 is 5.32 Å². The molecule has 18 heavy (non-hydrogen) atoms. The van der Waals surface area contributed by atoms with E-state index in [0.29, 0.717) is 11.7 Å². The molecule has 1 fully saturated rings. The number of rotatable bonds is 6. The predicted molar refractivity (Wildman–Crippen MR) is 77.6 cm³/mol. The van der Waals surface area contributed by atoms with Crippen molar-refractivity contribution in [2.24, 2.45) is 5.92 Å². The van der Waals surface area contributed by atoms with Gasteiger partial charge in [-0.25, -0.2) is 0 Å². The smallest absolute Gasteiger partial charge is 0.236 e. The number of thioether (sulfide) groups is 1. The fraction of sp³-hybridized carbons (Fsp3) is 0.786. The largest absolute Gasteiger partial charge is 0.316 e. The third kappa shape index (κ3) is 3.75. The van der Waals surface area contributed by atoms with Crippen LogP contribution in [0.4, 0.5) is 0 Å². The second-order valence-electron chi connectivity index (χ2n) is 5.12. The van der Waals surface area contributed by atoms with E-state index in [4.69, 9.17) is 0 Å². The van der Waals surface area contributed by atoms with Crippen molar-refractivity contribution in [2.75, 3.05) is 31.1 Å². The lowest BCUT2D eigenvalue weighted by Crippen LogP contribution is -2.43. The SMILES string of the molecule is CCN(C(=O)CSCC1CNC1)C1=CCCCC1. The summed E-state index contributed by atoms with van der Waals surface area (Å²) < 4.78 is 0. The van der Waals surface area contributed by atoms with Crippen LogP contribution in [0.1, 0.15) is 32.6 Å². The zero-order valence-corrected chi connectivity index (χ0v) is 12.1. The molecule has 0 saturated carbocycles. The molecule has 0 radical (unpaired) electrons. The Morgan fingerprint density at radius 3 is 2.89 bits per heavy atom. The average molecular weight is 268 g/mol. The van der Waals surface area contributed by atoms with E-state index >= 15 is 0 Å². The quantitative estimate of drug-likeness (QED) is 0.802. The van der Waals surface area contributed by atoms with Crippen LogP contribution in [-0.2, 0) is 4.79 Å². The molecule has 1 N–H and O–H groups in total. The third-order valence-electron chi connectivity index (χ3n) is 3.68. The van der Waals surface area contributed by atoms with Crippen LogP contribution in [0, 0.1) is 5.92 Å². The monoisotopic (exact) mass is 268 g/mol. The molecule has 1 amide bonds. The molecule has 0 unspecified atom stereocenters. The van der Waals surface area contributed by atoms with Crippen LogP contribution in [0.2, 0.25) is 0 Å². The molecule has 0 aromatic rings. The fourth-order valence-electron chi connectivity index (χ4n) is 2.46. The van der Waals surface area contributed by atoms with Crippen molar-refractivity contribution in [1.29, 1.82) is 0 Å². The van der Waals surface area contributed by atoms with E-state index in [2.05, 4.69) is 18.3 Å². The summed E-state index contributed by atoms with van der Waals surface area (Å²) >= 11 is 1.79. The van der Waals surface area contributed by atoms with Crippen molar-refractivity contribution in [1.82, 2.24) is 10.2 Å². The van der Waals surface area contributed by atoms with Gasteiger partial charge in [-0.3, -0.25) is 4.79 Å². The molecule has 0 aromatic carbocycles. The van der Waals surface area contributed by atoms with Crippen molar-refractivity contribution in [2.45, 2.75) is 32.6 Å². The zero-order valence-electron chi connectivity index (χ0n) is 11.3. The standard InChI is InChI=1S/C14H24N2OS/c1-2-16(13-6-4-3-5-7-13)14(17)11-18-10-12-8-15-9-12/h6,12,15H,2-5,7-11H2,1H3.